The normalized spacial score (nSPS) is 19.9. The molecule has 0 amide bonds. The molecule has 2 aromatic carbocycles. The number of nitrogens with one attached hydrogen (secondary N) is 1. The third-order valence-electron chi connectivity index (χ3n) is 9.43. The zero-order valence-electron chi connectivity index (χ0n) is 32.3. The van der Waals surface area contributed by atoms with E-state index in [1.54, 1.807) is 10.9 Å². The van der Waals surface area contributed by atoms with E-state index in [-0.39, 0.29) is 32.5 Å². The lowest BCUT2D eigenvalue weighted by Gasteiger charge is -2.32. The van der Waals surface area contributed by atoms with Crippen LogP contribution >= 0.6 is 16.1 Å². The van der Waals surface area contributed by atoms with E-state index < -0.39 is 7.92 Å². The highest BCUT2D eigenvalue weighted by molar-refractivity contribution is 7.69. The van der Waals surface area contributed by atoms with Crippen LogP contribution in [0, 0.1) is 0 Å². The van der Waals surface area contributed by atoms with Crippen molar-refractivity contribution in [3.05, 3.63) is 93.1 Å². The van der Waals surface area contributed by atoms with E-state index in [1.165, 1.54) is 58.9 Å². The maximum Gasteiger partial charge on any atom is 0.0430 e. The van der Waals surface area contributed by atoms with Crippen LogP contribution in [0.4, 0.5) is 0 Å². The van der Waals surface area contributed by atoms with Gasteiger partial charge in [0.2, 0.25) is 0 Å². The molecule has 0 aliphatic carbocycles. The molecule has 2 heterocycles. The Balaban J connectivity index is 1.75. The van der Waals surface area contributed by atoms with E-state index in [9.17, 15) is 0 Å². The Bertz CT molecular complexity index is 1570. The highest BCUT2D eigenvalue weighted by Gasteiger charge is 2.40. The smallest absolute Gasteiger partial charge is 0.0430 e. The summed E-state index contributed by atoms with van der Waals surface area (Å²) in [6.07, 6.45) is 7.92. The molecular weight excluding hydrogens is 592 g/mol. The minimum atomic E-state index is -0.453. The zero-order valence-corrected chi connectivity index (χ0v) is 34.1. The standard InChI is InChI=1S/C43H63NP2/c1-38(2,3)28-21-32(40(7,8)9)36(33(22-28)41(10,11)12)45-25-30-19-18-20-31(44-30)26-46-27-43(16,17)35-24-29(39(4,5)6)23-34(37(35)46)42(13,14)15/h18-26,44H,27H2,1-17H3/b31-26-. The summed E-state index contributed by atoms with van der Waals surface area (Å²) in [5, 5.41) is 6.91. The topological polar surface area (TPSA) is 12.0 Å². The summed E-state index contributed by atoms with van der Waals surface area (Å²) in [5.74, 6) is 4.96. The Morgan fingerprint density at radius 3 is 1.63 bits per heavy atom. The van der Waals surface area contributed by atoms with Gasteiger partial charge in [-0.05, 0) is 109 Å². The molecule has 4 rings (SSSR count). The molecule has 0 bridgehead atoms. The SMILES string of the molecule is CC(C)(C)c1cc(C(C)(C)C)c(P=CC2=CC=C/C(=C/P3CC(C)(C)c4cc(C(C)(C)C)cc(C(C)(C)C)c43)N2)c(C(C)(C)C)c1. The Morgan fingerprint density at radius 1 is 0.674 bits per heavy atom. The van der Waals surface area contributed by atoms with Gasteiger partial charge >= 0.3 is 0 Å². The summed E-state index contributed by atoms with van der Waals surface area (Å²) in [5.41, 5.74) is 11.9. The van der Waals surface area contributed by atoms with Crippen molar-refractivity contribution < 1.29 is 0 Å². The molecular formula is C43H63NP2. The summed E-state index contributed by atoms with van der Waals surface area (Å²) >= 11 is 0. The molecule has 0 fully saturated rings. The fourth-order valence-corrected chi connectivity index (χ4v) is 11.2. The van der Waals surface area contributed by atoms with Crippen molar-refractivity contribution in [1.82, 2.24) is 5.32 Å². The third-order valence-corrected chi connectivity index (χ3v) is 13.4. The van der Waals surface area contributed by atoms with Crippen LogP contribution in [0.5, 0.6) is 0 Å². The van der Waals surface area contributed by atoms with E-state index in [2.05, 4.69) is 177 Å². The van der Waals surface area contributed by atoms with Crippen LogP contribution in [0.15, 0.2) is 59.7 Å². The number of allylic oxidation sites excluding steroid dienone is 4. The zero-order chi connectivity index (χ0) is 34.8. The highest BCUT2D eigenvalue weighted by atomic mass is 31.1. The Kier molecular flexibility index (Phi) is 9.77. The number of fused-ring (bicyclic) bond motifs is 1. The summed E-state index contributed by atoms with van der Waals surface area (Å²) < 4.78 is 0. The van der Waals surface area contributed by atoms with Crippen LogP contribution < -0.4 is 15.9 Å². The summed E-state index contributed by atoms with van der Waals surface area (Å²) in [6, 6.07) is 10.0. The molecule has 3 heteroatoms. The minimum Gasteiger partial charge on any atom is -0.355 e. The number of benzene rings is 2. The van der Waals surface area contributed by atoms with Gasteiger partial charge in [-0.15, -0.1) is 0 Å². The van der Waals surface area contributed by atoms with Crippen molar-refractivity contribution in [3.63, 3.8) is 0 Å². The third kappa shape index (κ3) is 8.01. The van der Waals surface area contributed by atoms with Crippen molar-refractivity contribution >= 4 is 32.5 Å². The van der Waals surface area contributed by atoms with Crippen molar-refractivity contribution in [2.24, 2.45) is 0 Å². The number of hydrogen-bond acceptors (Lipinski definition) is 1. The predicted octanol–water partition coefficient (Wildman–Crippen LogP) is 11.5. The fourth-order valence-electron chi connectivity index (χ4n) is 6.47. The van der Waals surface area contributed by atoms with Gasteiger partial charge in [-0.1, -0.05) is 156 Å². The number of hydrogen-bond donors (Lipinski definition) is 1. The predicted molar refractivity (Wildman–Crippen MR) is 212 cm³/mol. The molecule has 0 saturated heterocycles. The second kappa shape index (κ2) is 12.2. The molecule has 1 unspecified atom stereocenters. The van der Waals surface area contributed by atoms with Gasteiger partial charge in [-0.2, -0.15) is 0 Å². The van der Waals surface area contributed by atoms with Crippen molar-refractivity contribution in [2.75, 3.05) is 6.16 Å². The van der Waals surface area contributed by atoms with Gasteiger partial charge in [0.05, 0.1) is 0 Å². The van der Waals surface area contributed by atoms with Crippen LogP contribution in [0.2, 0.25) is 0 Å². The Labute approximate surface area is 286 Å². The van der Waals surface area contributed by atoms with Gasteiger partial charge in [0, 0.05) is 16.7 Å². The van der Waals surface area contributed by atoms with Gasteiger partial charge in [-0.25, -0.2) is 0 Å². The molecule has 1 nitrogen and oxygen atoms in total. The first kappa shape index (κ1) is 36.9. The average Bonchev–Trinajstić information content (AvgIpc) is 3.13. The maximum absolute atomic E-state index is 3.84. The molecule has 0 aromatic heterocycles. The molecule has 0 radical (unpaired) electrons. The van der Waals surface area contributed by atoms with Crippen molar-refractivity contribution in [2.45, 2.75) is 150 Å². The molecule has 0 spiro atoms. The van der Waals surface area contributed by atoms with Crippen LogP contribution in [0.25, 0.3) is 0 Å². The van der Waals surface area contributed by atoms with Crippen LogP contribution in [-0.2, 0) is 32.5 Å². The molecule has 2 aromatic rings. The first-order valence-corrected chi connectivity index (χ1v) is 19.8. The Morgan fingerprint density at radius 2 is 1.15 bits per heavy atom. The lowest BCUT2D eigenvalue weighted by atomic mass is 9.75. The largest absolute Gasteiger partial charge is 0.355 e. The van der Waals surface area contributed by atoms with Gasteiger partial charge in [0.25, 0.3) is 0 Å². The van der Waals surface area contributed by atoms with E-state index in [1.807, 2.05) is 0 Å². The maximum atomic E-state index is 3.84. The van der Waals surface area contributed by atoms with Crippen LogP contribution in [0.1, 0.15) is 151 Å². The lowest BCUT2D eigenvalue weighted by molar-refractivity contribution is 0.554. The lowest BCUT2D eigenvalue weighted by Crippen LogP contribution is -2.30. The second-order valence-corrected chi connectivity index (χ2v) is 22.5. The molecule has 1 N–H and O–H groups in total. The molecule has 1 atom stereocenters. The van der Waals surface area contributed by atoms with Gasteiger partial charge in [0.1, 0.15) is 0 Å². The average molecular weight is 656 g/mol. The first-order chi connectivity index (χ1) is 20.7. The van der Waals surface area contributed by atoms with E-state index in [4.69, 9.17) is 0 Å². The van der Waals surface area contributed by atoms with Crippen LogP contribution in [-0.4, -0.2) is 12.0 Å². The highest BCUT2D eigenvalue weighted by Crippen LogP contribution is 2.55. The first-order valence-electron chi connectivity index (χ1n) is 17.3. The second-order valence-electron chi connectivity index (χ2n) is 19.6. The summed E-state index contributed by atoms with van der Waals surface area (Å²) in [4.78, 5) is 0. The van der Waals surface area contributed by atoms with E-state index >= 15 is 0 Å². The van der Waals surface area contributed by atoms with E-state index in [0.29, 0.717) is 0 Å². The van der Waals surface area contributed by atoms with Crippen molar-refractivity contribution in [1.29, 1.82) is 0 Å². The fraction of sp³-hybridized carbons (Fsp3) is 0.558. The molecule has 250 valence electrons. The molecule has 0 saturated carbocycles. The van der Waals surface area contributed by atoms with Gasteiger partial charge in [0.15, 0.2) is 0 Å². The molecule has 46 heavy (non-hydrogen) atoms. The van der Waals surface area contributed by atoms with Gasteiger partial charge in [-0.3, -0.25) is 0 Å². The summed E-state index contributed by atoms with van der Waals surface area (Å²) in [7, 11) is 0.785. The Hall–Kier alpha value is -1.94. The van der Waals surface area contributed by atoms with E-state index in [0.717, 1.165) is 0 Å². The van der Waals surface area contributed by atoms with Gasteiger partial charge < -0.3 is 5.32 Å². The van der Waals surface area contributed by atoms with Crippen molar-refractivity contribution in [3.8, 4) is 0 Å². The van der Waals surface area contributed by atoms with Crippen LogP contribution in [0.3, 0.4) is 0 Å². The quantitative estimate of drug-likeness (QED) is 0.325. The molecule has 2 aliphatic rings. The molecule has 2 aliphatic heterocycles. The number of dihydropyridines is 1. The monoisotopic (exact) mass is 655 g/mol. The number of rotatable bonds is 3. The minimum absolute atomic E-state index is 0.0552. The summed E-state index contributed by atoms with van der Waals surface area (Å²) in [6.45, 7) is 40.3.